The summed E-state index contributed by atoms with van der Waals surface area (Å²) < 4.78 is 339. The van der Waals surface area contributed by atoms with Gasteiger partial charge in [-0.05, 0) is 277 Å². The summed E-state index contributed by atoms with van der Waals surface area (Å²) in [6.07, 6.45) is 3.48. The quantitative estimate of drug-likeness (QED) is 0.0615. The Morgan fingerprint density at radius 2 is 0.717 bits per heavy atom. The topological polar surface area (TPSA) is 335 Å². The molecule has 0 amide bonds. The van der Waals surface area contributed by atoms with Crippen molar-refractivity contribution in [3.05, 3.63) is 234 Å². The van der Waals surface area contributed by atoms with Crippen molar-refractivity contribution in [1.82, 2.24) is 18.5 Å². The lowest BCUT2D eigenvalue weighted by Gasteiger charge is -2.56. The first kappa shape index (κ1) is 103. The number of hydrogen-bond acceptors (Lipinski definition) is 19. The van der Waals surface area contributed by atoms with Gasteiger partial charge >= 0.3 is 0 Å². The number of hydrogen-bond donors (Lipinski definition) is 4. The van der Waals surface area contributed by atoms with Gasteiger partial charge in [-0.25, -0.2) is 104 Å². The van der Waals surface area contributed by atoms with Gasteiger partial charge < -0.3 is 24.1 Å². The van der Waals surface area contributed by atoms with Gasteiger partial charge in [-0.2, -0.15) is 0 Å². The van der Waals surface area contributed by atoms with Gasteiger partial charge in [-0.15, -0.1) is 0 Å². The van der Waals surface area contributed by atoms with Gasteiger partial charge in [0.15, 0.2) is 85.6 Å². The molecule has 0 bridgehead atoms. The number of sulfone groups is 4. The van der Waals surface area contributed by atoms with E-state index in [0.717, 1.165) is 55.0 Å². The van der Waals surface area contributed by atoms with Crippen LogP contribution in [0.4, 0.5) is 35.1 Å². The third-order valence-corrected chi connectivity index (χ3v) is 50.8. The third-order valence-electron chi connectivity index (χ3n) is 31.1. The number of nitrogens with zero attached hydrogens (tertiary/aromatic N) is 1. The fourth-order valence-corrected chi connectivity index (χ4v) is 42.7. The highest BCUT2D eigenvalue weighted by Gasteiger charge is 2.70. The van der Waals surface area contributed by atoms with Crippen molar-refractivity contribution in [3.8, 4) is 23.0 Å². The van der Waals surface area contributed by atoms with E-state index in [0.29, 0.717) is 45.8 Å². The Morgan fingerprint density at radius 3 is 1.04 bits per heavy atom. The highest BCUT2D eigenvalue weighted by molar-refractivity contribution is 7.99. The van der Waals surface area contributed by atoms with Gasteiger partial charge in [-0.3, -0.25) is 8.42 Å². The second kappa shape index (κ2) is 37.6. The monoisotopic (exact) mass is 2150 g/mol. The predicted octanol–water partition coefficient (Wildman–Crippen LogP) is 16.5. The highest BCUT2D eigenvalue weighted by Crippen LogP contribution is 2.66. The first-order valence-corrected chi connectivity index (χ1v) is 59.5. The molecule has 0 aromatic heterocycles. The number of β-amino-alcohol motifs (C(OH)–C–C–N with tert-alkyl or cyclic N) is 1. The number of aliphatic hydroxyl groups is 1. The smallest absolute Gasteiger partial charge is 0.215 e. The number of aliphatic hydroxyl groups excluding tert-OH is 1. The van der Waals surface area contributed by atoms with E-state index in [1.807, 2.05) is 6.92 Å². The lowest BCUT2D eigenvalue weighted by atomic mass is 9.64. The molecule has 138 heavy (non-hydrogen) atoms. The maximum atomic E-state index is 15.5. The van der Waals surface area contributed by atoms with E-state index < -0.39 is 214 Å². The average molecular weight is 2150 g/mol. The van der Waals surface area contributed by atoms with Crippen molar-refractivity contribution in [3.63, 3.8) is 0 Å². The summed E-state index contributed by atoms with van der Waals surface area (Å²) in [7, 11) is -29.4. The predicted molar refractivity (Wildman–Crippen MR) is 510 cm³/mol. The number of fused-ring (bicyclic) bond motifs is 20. The fraction of sp³-hybridized carbons (Fsp3) is 0.474. The Labute approximate surface area is 819 Å². The van der Waals surface area contributed by atoms with Crippen LogP contribution in [0.2, 0.25) is 20.1 Å². The molecule has 8 heterocycles. The van der Waals surface area contributed by atoms with E-state index in [1.165, 1.54) is 97.1 Å². The van der Waals surface area contributed by atoms with Crippen molar-refractivity contribution < 1.29 is 118 Å². The van der Waals surface area contributed by atoms with Crippen LogP contribution in [0, 0.1) is 99.8 Å². The molecule has 0 radical (unpaired) electrons. The molecule has 21 atom stereocenters. The minimum Gasteiger partial charge on any atom is -0.490 e. The van der Waals surface area contributed by atoms with Crippen LogP contribution in [0.15, 0.2) is 165 Å². The van der Waals surface area contributed by atoms with E-state index in [2.05, 4.69) is 25.9 Å². The van der Waals surface area contributed by atoms with Crippen molar-refractivity contribution in [2.24, 2.45) is 53.3 Å². The molecule has 8 aromatic rings. The normalized spacial score (nSPS) is 32.9. The number of halogens is 12. The van der Waals surface area contributed by atoms with Gasteiger partial charge in [0, 0.05) is 105 Å². The molecule has 20 rings (SSSR count). The van der Waals surface area contributed by atoms with E-state index in [4.69, 9.17) is 65.4 Å². The molecule has 43 heteroatoms. The van der Waals surface area contributed by atoms with Gasteiger partial charge in [0.05, 0.1) is 85.4 Å². The van der Waals surface area contributed by atoms with Crippen molar-refractivity contribution in [2.75, 3.05) is 45.3 Å². The lowest BCUT2D eigenvalue weighted by molar-refractivity contribution is 0.0206. The summed E-state index contributed by atoms with van der Waals surface area (Å²) in [5.41, 5.74) is -1.14. The number of sulfonamides is 2. The van der Waals surface area contributed by atoms with Crippen LogP contribution in [0.3, 0.4) is 0 Å². The molecule has 4 saturated carbocycles. The zero-order valence-corrected chi connectivity index (χ0v) is 84.5. The van der Waals surface area contributed by atoms with Gasteiger partial charge in [0.2, 0.25) is 20.0 Å². The molecule has 8 aromatic carbocycles. The van der Waals surface area contributed by atoms with E-state index in [-0.39, 0.29) is 192 Å². The minimum atomic E-state index is -4.29. The summed E-state index contributed by atoms with van der Waals surface area (Å²) in [4.78, 5) is -0.155. The zero-order valence-electron chi connectivity index (χ0n) is 74.9. The SMILES string of the molecule is C=S1(=O)CC[C@@H]2[C@@H](CC[C@@]3(S(=O)(=O)c4ccc(Cl)cc4)c4c(F)ccc(F)c4OC[C@@H]23)N1CCO.C=S1(=O)N[C@@H]2CC[C@@]3(S(=O)(=O)c4ccc(Cl)cc4)c4c(F)ccc(F)c4OC[C@H]3[C@@H]2C[C@H]1CCC.CC(C)[C@@H]1C[C@@H]2[C@@H](CC[C@@]3(S(=O)(=O)c4ccc(Cl)cc4)c4c(F)ccc(F)c4OC[C@@H]23)NS1(=O)=O.C[C@@H]1C[C@@H]2[C@@H](CC[C@@]3(S(=O)(=O)c4ccc(Cl)cc4)c4c(F)ccc(F)c4OC[C@@H]23)NS1(=O)=O. The number of rotatable bonds is 13. The molecule has 2 unspecified atom stereocenters. The van der Waals surface area contributed by atoms with Gasteiger partial charge in [0.1, 0.15) is 42.3 Å². The third kappa shape index (κ3) is 16.7. The van der Waals surface area contributed by atoms with Crippen LogP contribution in [-0.4, -0.2) is 165 Å². The minimum absolute atomic E-state index is 0.00306. The molecule has 748 valence electrons. The first-order valence-electron chi connectivity index (χ1n) is 45.3. The van der Waals surface area contributed by atoms with Crippen LogP contribution < -0.4 is 33.1 Å². The molecule has 0 spiro atoms. The standard InChI is InChI=1S/C25H28ClF2NO4S2.2C24H26ClF2NO5S2.C22H22ClF2NO5S2/c1-3-4-17-13-18-19-14-33-24-21(28)10-9-20(27)23(24)25(19,12-11-22(18)29-34(17,2)30)35(31,32)16-7-5-15(26)6-8-16;1-13(2)21-11-16-17-12-33-23-19(27)8-7-18(26)22(23)24(17,10-9-20(16)28-35(21,31)32)34(29,30)15-5-3-14(25)4-6-15;1-34(30)13-9-17-18-14-33-23-20(27)7-6-19(26)22(23)24(18,10-8-21(17)28(34)11-12-29)35(31,32)16-4-2-15(25)3-5-16;1-12-10-15-16-11-31-21-18(25)7-6-17(24)20(21)22(16,9-8-19(15)26-33(12,29)30)32(27,28)14-4-2-13(23)3-5-14/h5-10,17-19,22H,2-4,11-14H2,1H3,(H,29,30);3-8,13,16-17,20-21,28H,9-12H2,1-2H3;2-7,17-18,21,29H,1,8-14H2;2-7,12,15-16,19,26H,8-11H2,1H3/t17-,18+,19+,22-,25+,34?;16-,17-,20+,21-,24-;17-,18-,21+,24-,34?;12-,15+,16+,19-,22+/m1001/s1. The molecule has 4 saturated heterocycles. The van der Waals surface area contributed by atoms with Gasteiger partial charge in [-0.1, -0.05) is 73.6 Å². The van der Waals surface area contributed by atoms with Crippen LogP contribution in [0.25, 0.3) is 0 Å². The molecule has 8 fully saturated rings. The number of ether oxygens (including phenoxy) is 4. The molecule has 23 nitrogen and oxygen atoms in total. The maximum Gasteiger partial charge on any atom is 0.215 e. The second-order valence-electron chi connectivity index (χ2n) is 38.2. The molecule has 4 aliphatic carbocycles. The van der Waals surface area contributed by atoms with Gasteiger partial charge in [0.25, 0.3) is 0 Å². The van der Waals surface area contributed by atoms with Crippen LogP contribution in [0.5, 0.6) is 23.0 Å². The lowest BCUT2D eigenvalue weighted by Crippen LogP contribution is -2.64. The number of benzene rings is 8. The highest BCUT2D eigenvalue weighted by atomic mass is 35.5. The van der Waals surface area contributed by atoms with Crippen LogP contribution >= 0.6 is 46.4 Å². The Hall–Kier alpha value is -6.90. The first-order chi connectivity index (χ1) is 65.0. The summed E-state index contributed by atoms with van der Waals surface area (Å²) >= 11 is 23.9. The van der Waals surface area contributed by atoms with Crippen molar-refractivity contribution >= 4 is 137 Å². The molecular weight excluding hydrogens is 2050 g/mol. The summed E-state index contributed by atoms with van der Waals surface area (Å²) in [5.74, 6) is -4.83. The van der Waals surface area contributed by atoms with E-state index in [9.17, 15) is 81.6 Å². The summed E-state index contributed by atoms with van der Waals surface area (Å²) in [6.45, 7) is 6.49. The average Bonchev–Trinajstić information content (AvgIpc) is 0.700. The second-order valence-corrected chi connectivity index (χ2v) is 57.6. The molecular formula is C95H102Cl4F8N4O19S8. The maximum absolute atomic E-state index is 15.5. The van der Waals surface area contributed by atoms with E-state index in [1.54, 1.807) is 25.1 Å². The summed E-state index contributed by atoms with van der Waals surface area (Å²) in [6, 6.07) is 28.5. The zero-order chi connectivity index (χ0) is 99.4. The molecule has 4 N–H and O–H groups in total. The fourth-order valence-electron chi connectivity index (χ4n) is 24.9. The number of nitrogens with one attached hydrogen (secondary N) is 3. The Kier molecular flexibility index (Phi) is 28.0. The largest absolute Gasteiger partial charge is 0.490 e. The molecule has 12 aliphatic rings. The Bertz CT molecular complexity index is 6970. The van der Waals surface area contributed by atoms with Crippen molar-refractivity contribution in [2.45, 2.75) is 196 Å². The molecule has 8 aliphatic heterocycles. The van der Waals surface area contributed by atoms with Crippen LogP contribution in [-0.2, 0) is 97.8 Å². The Balaban J connectivity index is 0.000000127. The van der Waals surface area contributed by atoms with E-state index >= 15 is 17.6 Å². The van der Waals surface area contributed by atoms with Crippen LogP contribution in [0.1, 0.15) is 140 Å². The van der Waals surface area contributed by atoms with Crippen molar-refractivity contribution in [1.29, 1.82) is 0 Å². The Morgan fingerprint density at radius 1 is 0.420 bits per heavy atom. The summed E-state index contributed by atoms with van der Waals surface area (Å²) in [5, 5.41) is 9.26.